The second kappa shape index (κ2) is 9.16. The Morgan fingerprint density at radius 3 is 2.36 bits per heavy atom. The van der Waals surface area contributed by atoms with Crippen LogP contribution in [0.1, 0.15) is 22.7 Å². The van der Waals surface area contributed by atoms with Gasteiger partial charge >= 0.3 is 5.91 Å². The molecule has 1 aliphatic rings. The van der Waals surface area contributed by atoms with E-state index in [4.69, 9.17) is 9.47 Å². The zero-order valence-corrected chi connectivity index (χ0v) is 21.3. The lowest BCUT2D eigenvalue weighted by Crippen LogP contribution is -2.30. The number of amides is 1. The number of aromatic nitrogens is 2. The second-order valence-electron chi connectivity index (χ2n) is 8.35. The van der Waals surface area contributed by atoms with Gasteiger partial charge in [0.1, 0.15) is 17.3 Å². The zero-order valence-electron chi connectivity index (χ0n) is 19.7. The van der Waals surface area contributed by atoms with Crippen molar-refractivity contribution >= 4 is 50.4 Å². The van der Waals surface area contributed by atoms with Crippen molar-refractivity contribution in [2.24, 2.45) is 0 Å². The number of carbonyl (C=O) groups is 2. The molecule has 1 fully saturated rings. The molecule has 1 atom stereocenters. The minimum Gasteiger partial charge on any atom is -0.507 e. The topological polar surface area (TPSA) is 105 Å². The minimum absolute atomic E-state index is 0.0232. The molecule has 1 saturated heterocycles. The number of halogens is 1. The van der Waals surface area contributed by atoms with E-state index < -0.39 is 17.7 Å². The van der Waals surface area contributed by atoms with E-state index in [1.807, 2.05) is 6.92 Å². The van der Waals surface area contributed by atoms with Crippen LogP contribution in [0.3, 0.4) is 0 Å². The van der Waals surface area contributed by atoms with Crippen molar-refractivity contribution in [2.75, 3.05) is 19.1 Å². The van der Waals surface area contributed by atoms with Crippen LogP contribution in [-0.2, 0) is 9.59 Å². The number of benzene rings is 3. The highest BCUT2D eigenvalue weighted by Crippen LogP contribution is 2.42. The average molecular weight is 548 g/mol. The number of aromatic amines is 1. The lowest BCUT2D eigenvalue weighted by Gasteiger charge is -2.23. The Morgan fingerprint density at radius 1 is 1.00 bits per heavy atom. The molecule has 0 bridgehead atoms. The summed E-state index contributed by atoms with van der Waals surface area (Å²) in [6.07, 6.45) is 0. The average Bonchev–Trinajstić information content (AvgIpc) is 3.42. The Hall–Kier alpha value is -4.11. The molecule has 2 heterocycles. The third-order valence-electron chi connectivity index (χ3n) is 6.21. The number of H-pyrrole nitrogens is 1. The molecule has 0 spiro atoms. The summed E-state index contributed by atoms with van der Waals surface area (Å²) in [6, 6.07) is 16.6. The zero-order chi connectivity index (χ0) is 25.6. The number of aliphatic hydroxyl groups excluding tert-OH is 1. The van der Waals surface area contributed by atoms with Gasteiger partial charge in [-0.1, -0.05) is 34.1 Å². The Morgan fingerprint density at radius 2 is 1.69 bits per heavy atom. The fraction of sp³-hybridized carbons (Fsp3) is 0.148. The summed E-state index contributed by atoms with van der Waals surface area (Å²) in [5.41, 5.74) is 3.14. The number of aryl methyl sites for hydroxylation is 1. The third-order valence-corrected chi connectivity index (χ3v) is 7.10. The highest BCUT2D eigenvalue weighted by molar-refractivity contribution is 9.10. The summed E-state index contributed by atoms with van der Waals surface area (Å²) in [4.78, 5) is 35.7. The van der Waals surface area contributed by atoms with Crippen LogP contribution in [0, 0.1) is 6.92 Å². The van der Waals surface area contributed by atoms with E-state index in [0.717, 1.165) is 10.0 Å². The van der Waals surface area contributed by atoms with E-state index in [1.54, 1.807) is 74.9 Å². The largest absolute Gasteiger partial charge is 0.507 e. The van der Waals surface area contributed by atoms with E-state index in [2.05, 4.69) is 25.9 Å². The highest BCUT2D eigenvalue weighted by Gasteiger charge is 2.48. The fourth-order valence-electron chi connectivity index (χ4n) is 4.32. The first kappa shape index (κ1) is 23.6. The van der Waals surface area contributed by atoms with Gasteiger partial charge in [0, 0.05) is 16.1 Å². The van der Waals surface area contributed by atoms with Gasteiger partial charge in [-0.25, -0.2) is 4.98 Å². The summed E-state index contributed by atoms with van der Waals surface area (Å²) in [5, 5.41) is 11.3. The molecule has 182 valence electrons. The number of nitrogens with zero attached hydrogens (tertiary/aromatic N) is 2. The highest BCUT2D eigenvalue weighted by atomic mass is 79.9. The number of ether oxygens (including phenoxy) is 2. The molecule has 5 rings (SSSR count). The lowest BCUT2D eigenvalue weighted by atomic mass is 9.95. The summed E-state index contributed by atoms with van der Waals surface area (Å²) in [6.45, 7) is 1.88. The van der Waals surface area contributed by atoms with Crippen LogP contribution in [0.2, 0.25) is 0 Å². The van der Waals surface area contributed by atoms with Gasteiger partial charge in [-0.05, 0) is 54.4 Å². The van der Waals surface area contributed by atoms with Crippen molar-refractivity contribution in [3.8, 4) is 11.5 Å². The first-order valence-electron chi connectivity index (χ1n) is 11.1. The molecule has 0 saturated carbocycles. The maximum Gasteiger partial charge on any atom is 0.302 e. The number of nitrogens with one attached hydrogen (secondary N) is 1. The van der Waals surface area contributed by atoms with E-state index in [9.17, 15) is 14.7 Å². The van der Waals surface area contributed by atoms with Crippen molar-refractivity contribution in [2.45, 2.75) is 13.0 Å². The molecule has 1 aliphatic heterocycles. The van der Waals surface area contributed by atoms with Gasteiger partial charge in [-0.15, -0.1) is 0 Å². The second-order valence-corrected chi connectivity index (χ2v) is 9.20. The number of hydrogen-bond acceptors (Lipinski definition) is 6. The normalized spacial score (nSPS) is 17.1. The first-order chi connectivity index (χ1) is 17.3. The van der Waals surface area contributed by atoms with Crippen LogP contribution < -0.4 is 14.4 Å². The number of anilines is 1. The molecule has 2 N–H and O–H groups in total. The standard InChI is InChI=1S/C27H22BrN3O5/c1-14-12-16(6-10-19(14)28)24(32)22-23(15-4-7-17(35-2)8-5-15)31(26(34)25(22)33)27-29-20-11-9-18(36-3)13-21(20)30-27/h4-13,23,32H,1-3H3,(H,29,30)/b24-22+. The molecular formula is C27H22BrN3O5. The van der Waals surface area contributed by atoms with Gasteiger partial charge < -0.3 is 19.6 Å². The summed E-state index contributed by atoms with van der Waals surface area (Å²) in [7, 11) is 3.12. The van der Waals surface area contributed by atoms with Crippen LogP contribution in [0.5, 0.6) is 11.5 Å². The molecule has 9 heteroatoms. The Kier molecular flexibility index (Phi) is 6.01. The smallest absolute Gasteiger partial charge is 0.302 e. The molecule has 3 aromatic carbocycles. The molecule has 0 aliphatic carbocycles. The van der Waals surface area contributed by atoms with Crippen molar-refractivity contribution in [3.63, 3.8) is 0 Å². The van der Waals surface area contributed by atoms with Gasteiger partial charge in [-0.3, -0.25) is 14.5 Å². The van der Waals surface area contributed by atoms with Crippen LogP contribution in [0.25, 0.3) is 16.8 Å². The molecule has 36 heavy (non-hydrogen) atoms. The molecular weight excluding hydrogens is 526 g/mol. The molecule has 1 aromatic heterocycles. The first-order valence-corrected chi connectivity index (χ1v) is 11.9. The van der Waals surface area contributed by atoms with Crippen LogP contribution >= 0.6 is 15.9 Å². The minimum atomic E-state index is -0.915. The quantitative estimate of drug-likeness (QED) is 0.200. The Labute approximate surface area is 215 Å². The van der Waals surface area contributed by atoms with Crippen molar-refractivity contribution < 1.29 is 24.2 Å². The number of Topliss-reactive ketones (excluding diaryl/α,β-unsaturated/α-hetero) is 1. The predicted octanol–water partition coefficient (Wildman–Crippen LogP) is 5.28. The van der Waals surface area contributed by atoms with Crippen LogP contribution in [-0.4, -0.2) is 41.0 Å². The van der Waals surface area contributed by atoms with Gasteiger partial charge in [0.2, 0.25) is 5.95 Å². The molecule has 8 nitrogen and oxygen atoms in total. The summed E-state index contributed by atoms with van der Waals surface area (Å²) in [5.74, 6) is -0.423. The number of aliphatic hydroxyl groups is 1. The van der Waals surface area contributed by atoms with Crippen LogP contribution in [0.15, 0.2) is 70.7 Å². The predicted molar refractivity (Wildman–Crippen MR) is 139 cm³/mol. The molecule has 1 amide bonds. The van der Waals surface area contributed by atoms with Gasteiger partial charge in [-0.2, -0.15) is 0 Å². The van der Waals surface area contributed by atoms with Crippen molar-refractivity contribution in [1.29, 1.82) is 0 Å². The number of hydrogen-bond donors (Lipinski definition) is 2. The fourth-order valence-corrected chi connectivity index (χ4v) is 4.56. The molecule has 1 unspecified atom stereocenters. The number of carbonyl (C=O) groups excluding carboxylic acids is 2. The monoisotopic (exact) mass is 547 g/mol. The van der Waals surface area contributed by atoms with Gasteiger partial charge in [0.25, 0.3) is 5.78 Å². The van der Waals surface area contributed by atoms with E-state index in [-0.39, 0.29) is 17.3 Å². The van der Waals surface area contributed by atoms with Gasteiger partial charge in [0.15, 0.2) is 0 Å². The number of imidazole rings is 1. The number of methoxy groups -OCH3 is 2. The Balaban J connectivity index is 1.71. The summed E-state index contributed by atoms with van der Waals surface area (Å²) < 4.78 is 11.4. The SMILES string of the molecule is COc1ccc(C2/C(=C(\O)c3ccc(Br)c(C)c3)C(=O)C(=O)N2c2nc3ccc(OC)cc3[nH]2)cc1. The molecule has 4 aromatic rings. The van der Waals surface area contributed by atoms with E-state index >= 15 is 0 Å². The molecule has 0 radical (unpaired) electrons. The third kappa shape index (κ3) is 3.91. The summed E-state index contributed by atoms with van der Waals surface area (Å²) >= 11 is 3.45. The number of fused-ring (bicyclic) bond motifs is 1. The number of rotatable bonds is 5. The number of ketones is 1. The Bertz CT molecular complexity index is 1540. The van der Waals surface area contributed by atoms with Gasteiger partial charge in [0.05, 0.1) is 36.9 Å². The lowest BCUT2D eigenvalue weighted by molar-refractivity contribution is -0.132. The maximum absolute atomic E-state index is 13.4. The van der Waals surface area contributed by atoms with E-state index in [1.165, 1.54) is 4.90 Å². The van der Waals surface area contributed by atoms with Crippen LogP contribution in [0.4, 0.5) is 5.95 Å². The van der Waals surface area contributed by atoms with Crippen molar-refractivity contribution in [1.82, 2.24) is 9.97 Å². The van der Waals surface area contributed by atoms with Crippen molar-refractivity contribution in [3.05, 3.63) is 87.4 Å². The maximum atomic E-state index is 13.4. The van der Waals surface area contributed by atoms with E-state index in [0.29, 0.717) is 33.7 Å².